The Morgan fingerprint density at radius 2 is 2.00 bits per heavy atom. The number of carbonyl (C=O) groups is 2. The van der Waals surface area contributed by atoms with Crippen LogP contribution in [-0.4, -0.2) is 75.2 Å². The van der Waals surface area contributed by atoms with Gasteiger partial charge < -0.3 is 20.6 Å². The molecule has 1 aromatic rings. The zero-order chi connectivity index (χ0) is 21.1. The van der Waals surface area contributed by atoms with Crippen LogP contribution in [0.1, 0.15) is 34.8 Å². The Hall–Kier alpha value is -1.59. The molecule has 1 aliphatic carbocycles. The lowest BCUT2D eigenvalue weighted by molar-refractivity contribution is -0.255. The summed E-state index contributed by atoms with van der Waals surface area (Å²) in [5.41, 5.74) is 1.01. The molecule has 4 unspecified atom stereocenters. The van der Waals surface area contributed by atoms with Crippen LogP contribution in [0.15, 0.2) is 0 Å². The predicted octanol–water partition coefficient (Wildman–Crippen LogP) is 0.823. The Labute approximate surface area is 173 Å². The lowest BCUT2D eigenvalue weighted by Crippen LogP contribution is -2.54. The molecule has 0 radical (unpaired) electrons. The largest absolute Gasteiger partial charge is 0.479 e. The Morgan fingerprint density at radius 1 is 1.28 bits per heavy atom. The number of nitrogens with one attached hydrogen (secondary N) is 1. The molecule has 10 heteroatoms. The van der Waals surface area contributed by atoms with E-state index in [-0.39, 0.29) is 12.0 Å². The highest BCUT2D eigenvalue weighted by molar-refractivity contribution is 7.11. The minimum absolute atomic E-state index is 0.0681. The fourth-order valence-electron chi connectivity index (χ4n) is 3.82. The van der Waals surface area contributed by atoms with Crippen molar-refractivity contribution in [1.82, 2.24) is 15.4 Å². The molecule has 0 bridgehead atoms. The maximum absolute atomic E-state index is 11.6. The summed E-state index contributed by atoms with van der Waals surface area (Å²) in [4.78, 5) is 34.1. The zero-order valence-electron chi connectivity index (χ0n) is 16.7. The van der Waals surface area contributed by atoms with Gasteiger partial charge in [0, 0.05) is 17.5 Å². The number of aliphatic hydroxyl groups excluding tert-OH is 1. The van der Waals surface area contributed by atoms with Gasteiger partial charge in [0.15, 0.2) is 6.10 Å². The first-order valence-electron chi connectivity index (χ1n) is 9.97. The third-order valence-corrected chi connectivity index (χ3v) is 6.65. The average Bonchev–Trinajstić information content (AvgIpc) is 3.42. The Morgan fingerprint density at radius 3 is 2.55 bits per heavy atom. The quantitative estimate of drug-likeness (QED) is 0.401. The van der Waals surface area contributed by atoms with Gasteiger partial charge in [-0.3, -0.25) is 4.84 Å². The molecule has 4 N–H and O–H groups in total. The van der Waals surface area contributed by atoms with Gasteiger partial charge in [-0.05, 0) is 64.5 Å². The Bertz CT molecular complexity index is 738. The molecule has 1 aliphatic heterocycles. The van der Waals surface area contributed by atoms with Crippen molar-refractivity contribution < 1.29 is 29.7 Å². The molecule has 4 atom stereocenters. The monoisotopic (exact) mass is 427 g/mol. The molecule has 2 fully saturated rings. The summed E-state index contributed by atoms with van der Waals surface area (Å²) in [6.07, 6.45) is -0.332. The van der Waals surface area contributed by atoms with E-state index in [1.165, 1.54) is 4.88 Å². The van der Waals surface area contributed by atoms with Crippen LogP contribution >= 0.6 is 11.3 Å². The number of hydrogen-bond acceptors (Lipinski definition) is 8. The smallest absolute Gasteiger partial charge is 0.338 e. The van der Waals surface area contributed by atoms with Crippen molar-refractivity contribution >= 4 is 23.3 Å². The van der Waals surface area contributed by atoms with Crippen molar-refractivity contribution in [2.45, 2.75) is 57.8 Å². The van der Waals surface area contributed by atoms with Crippen molar-refractivity contribution in [3.63, 3.8) is 0 Å². The lowest BCUT2D eigenvalue weighted by atomic mass is 9.89. The van der Waals surface area contributed by atoms with Crippen LogP contribution in [0.4, 0.5) is 0 Å². The molecule has 0 aromatic carbocycles. The second kappa shape index (κ2) is 9.48. The second-order valence-corrected chi connectivity index (χ2v) is 9.24. The number of aliphatic hydroxyl groups is 1. The average molecular weight is 428 g/mol. The second-order valence-electron chi connectivity index (χ2n) is 7.96. The van der Waals surface area contributed by atoms with Crippen molar-refractivity contribution in [2.75, 3.05) is 19.6 Å². The lowest BCUT2D eigenvalue weighted by Gasteiger charge is -2.40. The van der Waals surface area contributed by atoms with E-state index in [9.17, 15) is 19.8 Å². The summed E-state index contributed by atoms with van der Waals surface area (Å²) in [5, 5.41) is 34.4. The van der Waals surface area contributed by atoms with E-state index in [1.807, 2.05) is 13.8 Å². The first-order chi connectivity index (χ1) is 13.8. The van der Waals surface area contributed by atoms with Gasteiger partial charge in [-0.2, -0.15) is 5.06 Å². The topological polar surface area (TPSA) is 132 Å². The minimum Gasteiger partial charge on any atom is -0.479 e. The summed E-state index contributed by atoms with van der Waals surface area (Å²) < 4.78 is 0. The third kappa shape index (κ3) is 5.73. The van der Waals surface area contributed by atoms with Crippen molar-refractivity contribution in [3.8, 4) is 0 Å². The Balaban J connectivity index is 1.79. The molecule has 9 nitrogen and oxygen atoms in total. The molecule has 3 rings (SSSR count). The van der Waals surface area contributed by atoms with Gasteiger partial charge in [0.05, 0.1) is 10.7 Å². The molecule has 1 saturated heterocycles. The van der Waals surface area contributed by atoms with Crippen LogP contribution in [0.25, 0.3) is 0 Å². The van der Waals surface area contributed by atoms with E-state index in [0.717, 1.165) is 49.5 Å². The molecule has 2 aliphatic rings. The van der Waals surface area contributed by atoms with Crippen LogP contribution in [-0.2, 0) is 20.8 Å². The first kappa shape index (κ1) is 22.1. The van der Waals surface area contributed by atoms with Crippen molar-refractivity contribution in [1.29, 1.82) is 0 Å². The van der Waals surface area contributed by atoms with E-state index < -0.39 is 24.1 Å². The van der Waals surface area contributed by atoms with Crippen LogP contribution in [0, 0.1) is 25.7 Å². The van der Waals surface area contributed by atoms with Crippen LogP contribution in [0.2, 0.25) is 0 Å². The van der Waals surface area contributed by atoms with E-state index in [2.05, 4.69) is 10.3 Å². The SMILES string of the molecule is Cc1nc(C)c(CC2CNCCC2N(CC2CC2)OC(C(=O)O)C(O)C(=O)O)s1. The molecule has 162 valence electrons. The third-order valence-electron chi connectivity index (χ3n) is 5.55. The van der Waals surface area contributed by atoms with E-state index >= 15 is 0 Å². The minimum atomic E-state index is -2.12. The number of aliphatic carboxylic acids is 2. The molecule has 1 aromatic heterocycles. The summed E-state index contributed by atoms with van der Waals surface area (Å²) in [7, 11) is 0. The number of aryl methyl sites for hydroxylation is 2. The molecule has 0 amide bonds. The Kier molecular flexibility index (Phi) is 7.23. The summed E-state index contributed by atoms with van der Waals surface area (Å²) in [5.74, 6) is -2.52. The molecule has 2 heterocycles. The van der Waals surface area contributed by atoms with Gasteiger partial charge in [0.25, 0.3) is 0 Å². The van der Waals surface area contributed by atoms with Gasteiger partial charge in [-0.15, -0.1) is 11.3 Å². The number of hydrogen-bond donors (Lipinski definition) is 4. The standard InChI is InChI=1S/C19H29N3O6S/c1-10-15(29-11(2)21-10)7-13-8-20-6-5-14(13)22(9-12-3-4-12)28-17(19(26)27)16(23)18(24)25/h12-14,16-17,20,23H,3-9H2,1-2H3,(H,24,25)(H,26,27). The zero-order valence-corrected chi connectivity index (χ0v) is 17.5. The van der Waals surface area contributed by atoms with E-state index in [1.54, 1.807) is 16.4 Å². The van der Waals surface area contributed by atoms with Gasteiger partial charge >= 0.3 is 11.9 Å². The van der Waals surface area contributed by atoms with Crippen molar-refractivity contribution in [3.05, 3.63) is 15.6 Å². The maximum atomic E-state index is 11.6. The molecular formula is C19H29N3O6S. The summed E-state index contributed by atoms with van der Waals surface area (Å²) in [6, 6.07) is -0.0681. The molecule has 0 spiro atoms. The molecule has 1 saturated carbocycles. The number of piperidine rings is 1. The fourth-order valence-corrected chi connectivity index (χ4v) is 4.85. The predicted molar refractivity (Wildman–Crippen MR) is 106 cm³/mol. The van der Waals surface area contributed by atoms with Gasteiger partial charge in [-0.25, -0.2) is 14.6 Å². The van der Waals surface area contributed by atoms with Crippen molar-refractivity contribution in [2.24, 2.45) is 11.8 Å². The first-order valence-corrected chi connectivity index (χ1v) is 10.8. The number of carboxylic acid groups (broad SMARTS) is 2. The van der Waals surface area contributed by atoms with E-state index in [0.29, 0.717) is 12.5 Å². The number of rotatable bonds is 10. The van der Waals surface area contributed by atoms with Gasteiger partial charge in [0.2, 0.25) is 6.10 Å². The van der Waals surface area contributed by atoms with E-state index in [4.69, 9.17) is 9.94 Å². The number of hydroxylamine groups is 2. The van der Waals surface area contributed by atoms with Crippen LogP contribution in [0.3, 0.4) is 0 Å². The van der Waals surface area contributed by atoms with Crippen LogP contribution in [0.5, 0.6) is 0 Å². The summed E-state index contributed by atoms with van der Waals surface area (Å²) >= 11 is 1.67. The number of carboxylic acids is 2. The highest BCUT2D eigenvalue weighted by atomic mass is 32.1. The van der Waals surface area contributed by atoms with Crippen LogP contribution < -0.4 is 5.32 Å². The summed E-state index contributed by atoms with van der Waals surface area (Å²) in [6.45, 7) is 6.03. The highest BCUT2D eigenvalue weighted by Gasteiger charge is 2.41. The fraction of sp³-hybridized carbons (Fsp3) is 0.737. The highest BCUT2D eigenvalue weighted by Crippen LogP contribution is 2.34. The maximum Gasteiger partial charge on any atom is 0.338 e. The molecular weight excluding hydrogens is 398 g/mol. The van der Waals surface area contributed by atoms with Gasteiger partial charge in [0.1, 0.15) is 0 Å². The molecule has 29 heavy (non-hydrogen) atoms. The normalized spacial score (nSPS) is 24.4. The number of aromatic nitrogens is 1. The number of thiazole rings is 1. The number of nitrogens with zero attached hydrogens (tertiary/aromatic N) is 2. The van der Waals surface area contributed by atoms with Gasteiger partial charge in [-0.1, -0.05) is 0 Å².